The number of rotatable bonds is 43. The molecule has 0 aliphatic rings. The van der Waals surface area contributed by atoms with Crippen LogP contribution in [0.25, 0.3) is 0 Å². The number of amides is 1. The molecule has 328 valence electrons. The number of aliphatic hydroxyl groups is 1. The molecule has 2 unspecified atom stereocenters. The van der Waals surface area contributed by atoms with Gasteiger partial charge >= 0.3 is 0 Å². The van der Waals surface area contributed by atoms with Crippen LogP contribution in [0.3, 0.4) is 0 Å². The lowest BCUT2D eigenvalue weighted by atomic mass is 10.0. The summed E-state index contributed by atoms with van der Waals surface area (Å²) < 4.78 is 32.6. The maximum atomic E-state index is 12.6. The number of unbranched alkanes of at least 4 members (excludes halogenated alkanes) is 29. The Morgan fingerprint density at radius 3 is 1.18 bits per heavy atom. The van der Waals surface area contributed by atoms with E-state index in [0.29, 0.717) is 0 Å². The van der Waals surface area contributed by atoms with Gasteiger partial charge in [-0.25, -0.2) is 0 Å². The second kappa shape index (κ2) is 42.9. The molecule has 2 atom stereocenters. The maximum absolute atomic E-state index is 12.6. The van der Waals surface area contributed by atoms with Gasteiger partial charge in [-0.2, -0.15) is 8.42 Å². The van der Waals surface area contributed by atoms with Gasteiger partial charge in [0.25, 0.3) is 10.1 Å². The third-order valence-electron chi connectivity index (χ3n) is 10.7. The molecule has 0 spiro atoms. The summed E-state index contributed by atoms with van der Waals surface area (Å²) in [5.41, 5.74) is 0. The molecular formula is C49H91NO5S. The Bertz CT molecular complexity index is 1070. The fraction of sp³-hybridized carbons (Fsp3) is 0.816. The van der Waals surface area contributed by atoms with E-state index >= 15 is 0 Å². The fourth-order valence-corrected chi connectivity index (χ4v) is 7.90. The van der Waals surface area contributed by atoms with E-state index in [9.17, 15) is 22.9 Å². The van der Waals surface area contributed by atoms with Crippen LogP contribution in [0.1, 0.15) is 239 Å². The topological polar surface area (TPSA) is 104 Å². The number of aliphatic hydroxyl groups excluding tert-OH is 1. The normalized spacial score (nSPS) is 13.6. The Morgan fingerprint density at radius 1 is 0.482 bits per heavy atom. The van der Waals surface area contributed by atoms with Gasteiger partial charge in [0.1, 0.15) is 0 Å². The third kappa shape index (κ3) is 43.4. The second-order valence-corrected chi connectivity index (χ2v) is 17.9. The Hall–Kier alpha value is -1.70. The van der Waals surface area contributed by atoms with E-state index in [1.807, 2.05) is 6.08 Å². The summed E-state index contributed by atoms with van der Waals surface area (Å²) in [5, 5.41) is 13.3. The van der Waals surface area contributed by atoms with Gasteiger partial charge in [0, 0.05) is 6.42 Å². The molecule has 0 radical (unpaired) electrons. The molecule has 0 aromatic carbocycles. The Kier molecular flexibility index (Phi) is 41.6. The van der Waals surface area contributed by atoms with Crippen LogP contribution < -0.4 is 5.32 Å². The van der Waals surface area contributed by atoms with Gasteiger partial charge in [-0.1, -0.05) is 223 Å². The lowest BCUT2D eigenvalue weighted by molar-refractivity contribution is -0.122. The molecule has 0 fully saturated rings. The van der Waals surface area contributed by atoms with Crippen LogP contribution in [0.2, 0.25) is 0 Å². The molecule has 0 saturated carbocycles. The molecular weight excluding hydrogens is 715 g/mol. The molecule has 0 saturated heterocycles. The van der Waals surface area contributed by atoms with Crippen molar-refractivity contribution in [2.24, 2.45) is 0 Å². The number of hydrogen-bond acceptors (Lipinski definition) is 4. The van der Waals surface area contributed by atoms with Crippen LogP contribution in [-0.2, 0) is 14.9 Å². The van der Waals surface area contributed by atoms with E-state index in [-0.39, 0.29) is 12.3 Å². The molecule has 0 aromatic heterocycles. The predicted octanol–water partition coefficient (Wildman–Crippen LogP) is 14.6. The number of carbonyl (C=O) groups excluding carboxylic acids is 1. The molecule has 56 heavy (non-hydrogen) atoms. The molecule has 0 aliphatic heterocycles. The van der Waals surface area contributed by atoms with E-state index in [4.69, 9.17) is 0 Å². The first-order chi connectivity index (χ1) is 27.3. The molecule has 3 N–H and O–H groups in total. The fourth-order valence-electron chi connectivity index (χ4n) is 7.16. The number of hydrogen-bond donors (Lipinski definition) is 3. The number of carbonyl (C=O) groups is 1. The van der Waals surface area contributed by atoms with Gasteiger partial charge in [-0.15, -0.1) is 0 Å². The summed E-state index contributed by atoms with van der Waals surface area (Å²) in [7, 11) is -4.35. The summed E-state index contributed by atoms with van der Waals surface area (Å²) in [6.07, 6.45) is 58.2. The molecule has 1 amide bonds. The largest absolute Gasteiger partial charge is 0.387 e. The molecule has 6 nitrogen and oxygen atoms in total. The van der Waals surface area contributed by atoms with Crippen molar-refractivity contribution >= 4 is 16.0 Å². The van der Waals surface area contributed by atoms with Gasteiger partial charge in [0.15, 0.2) is 0 Å². The lowest BCUT2D eigenvalue weighted by Gasteiger charge is -2.21. The molecule has 0 aliphatic carbocycles. The second-order valence-electron chi connectivity index (χ2n) is 16.4. The SMILES string of the molecule is CCCCCCC/C=C\C/C=C\C/C=C\CCCCCCCCC(=O)NC(CS(=O)(=O)O)C(O)/C=C/CCCCCCCCCCCCCCCCCCCC. The first-order valence-corrected chi connectivity index (χ1v) is 25.4. The molecule has 0 heterocycles. The predicted molar refractivity (Wildman–Crippen MR) is 244 cm³/mol. The van der Waals surface area contributed by atoms with Gasteiger partial charge in [-0.05, 0) is 57.8 Å². The zero-order chi connectivity index (χ0) is 41.1. The van der Waals surface area contributed by atoms with Crippen molar-refractivity contribution in [2.45, 2.75) is 251 Å². The maximum Gasteiger partial charge on any atom is 0.267 e. The summed E-state index contributed by atoms with van der Waals surface area (Å²) in [5.74, 6) is -0.993. The van der Waals surface area contributed by atoms with Gasteiger partial charge < -0.3 is 10.4 Å². The summed E-state index contributed by atoms with van der Waals surface area (Å²) in [6, 6.07) is -1.07. The highest BCUT2D eigenvalue weighted by Crippen LogP contribution is 2.15. The Balaban J connectivity index is 3.88. The van der Waals surface area contributed by atoms with E-state index in [1.54, 1.807) is 6.08 Å². The summed E-state index contributed by atoms with van der Waals surface area (Å²) >= 11 is 0. The zero-order valence-corrected chi connectivity index (χ0v) is 37.6. The van der Waals surface area contributed by atoms with Gasteiger partial charge in [0.05, 0.1) is 17.9 Å². The van der Waals surface area contributed by atoms with Crippen molar-refractivity contribution in [3.63, 3.8) is 0 Å². The van der Waals surface area contributed by atoms with E-state index in [0.717, 1.165) is 64.2 Å². The van der Waals surface area contributed by atoms with Crippen LogP contribution in [0, 0.1) is 0 Å². The highest BCUT2D eigenvalue weighted by molar-refractivity contribution is 7.85. The Morgan fingerprint density at radius 2 is 0.804 bits per heavy atom. The highest BCUT2D eigenvalue weighted by atomic mass is 32.2. The van der Waals surface area contributed by atoms with Crippen LogP contribution in [0.15, 0.2) is 48.6 Å². The van der Waals surface area contributed by atoms with Crippen LogP contribution in [0.5, 0.6) is 0 Å². The smallest absolute Gasteiger partial charge is 0.267 e. The lowest BCUT2D eigenvalue weighted by Crippen LogP contribution is -2.46. The molecule has 7 heteroatoms. The molecule has 0 rings (SSSR count). The third-order valence-corrected chi connectivity index (χ3v) is 11.5. The van der Waals surface area contributed by atoms with Crippen molar-refractivity contribution in [1.29, 1.82) is 0 Å². The number of nitrogens with one attached hydrogen (secondary N) is 1. The molecule has 0 aromatic rings. The van der Waals surface area contributed by atoms with Crippen molar-refractivity contribution in [3.05, 3.63) is 48.6 Å². The summed E-state index contributed by atoms with van der Waals surface area (Å²) in [4.78, 5) is 12.6. The van der Waals surface area contributed by atoms with E-state index in [1.165, 1.54) is 154 Å². The van der Waals surface area contributed by atoms with Gasteiger partial charge in [-0.3, -0.25) is 9.35 Å². The first kappa shape index (κ1) is 54.3. The zero-order valence-electron chi connectivity index (χ0n) is 36.8. The Labute approximate surface area is 348 Å². The standard InChI is InChI=1S/C49H91NO5S/c1-3-5-7-9-11-13-15-17-19-21-23-25-27-29-31-33-35-37-39-41-43-45-49(52)50-47(46-56(53,54)55)48(51)44-42-40-38-36-34-32-30-28-26-24-22-20-18-16-14-12-10-8-6-4-2/h15,17,21,23,27,29,42,44,47-48,51H,3-14,16,18-20,22,24-26,28,30-41,43,45-46H2,1-2H3,(H,50,52)(H,53,54,55)/b17-15-,23-21-,29-27-,44-42+. The first-order valence-electron chi connectivity index (χ1n) is 23.8. The minimum absolute atomic E-state index is 0.281. The average molecular weight is 806 g/mol. The minimum atomic E-state index is -4.35. The van der Waals surface area contributed by atoms with Crippen LogP contribution in [0.4, 0.5) is 0 Å². The van der Waals surface area contributed by atoms with Crippen molar-refractivity contribution in [2.75, 3.05) is 5.75 Å². The van der Waals surface area contributed by atoms with Crippen molar-refractivity contribution < 1.29 is 22.9 Å². The van der Waals surface area contributed by atoms with Gasteiger partial charge in [0.2, 0.25) is 5.91 Å². The molecule has 0 bridgehead atoms. The van der Waals surface area contributed by atoms with Crippen LogP contribution in [-0.4, -0.2) is 41.9 Å². The van der Waals surface area contributed by atoms with Crippen molar-refractivity contribution in [3.8, 4) is 0 Å². The quantitative estimate of drug-likeness (QED) is 0.0323. The number of allylic oxidation sites excluding steroid dienone is 7. The van der Waals surface area contributed by atoms with Crippen molar-refractivity contribution in [1.82, 2.24) is 5.32 Å². The average Bonchev–Trinajstić information content (AvgIpc) is 3.16. The van der Waals surface area contributed by atoms with Crippen LogP contribution >= 0.6 is 0 Å². The highest BCUT2D eigenvalue weighted by Gasteiger charge is 2.24. The van der Waals surface area contributed by atoms with E-state index < -0.39 is 28.0 Å². The van der Waals surface area contributed by atoms with E-state index in [2.05, 4.69) is 55.6 Å². The minimum Gasteiger partial charge on any atom is -0.387 e. The summed E-state index contributed by atoms with van der Waals surface area (Å²) in [6.45, 7) is 4.53. The monoisotopic (exact) mass is 806 g/mol.